The number of ether oxygens (including phenoxy) is 1. The van der Waals surface area contributed by atoms with Crippen LogP contribution >= 0.6 is 0 Å². The number of hydrogen-bond donors (Lipinski definition) is 1. The summed E-state index contributed by atoms with van der Waals surface area (Å²) < 4.78 is 5.76. The molecule has 0 heterocycles. The van der Waals surface area contributed by atoms with Crippen molar-refractivity contribution in [1.82, 2.24) is 0 Å². The van der Waals surface area contributed by atoms with Crippen LogP contribution in [-0.4, -0.2) is 23.3 Å². The Morgan fingerprint density at radius 1 is 1.35 bits per heavy atom. The van der Waals surface area contributed by atoms with Crippen LogP contribution in [0, 0.1) is 0 Å². The molecule has 1 unspecified atom stereocenters. The molecule has 0 radical (unpaired) electrons. The lowest BCUT2D eigenvalue weighted by Crippen LogP contribution is -2.41. The topological polar surface area (TPSA) is 46.5 Å². The lowest BCUT2D eigenvalue weighted by atomic mass is 9.68. The Morgan fingerprint density at radius 2 is 2.05 bits per heavy atom. The maximum Gasteiger partial charge on any atom is 0.314 e. The molecule has 0 saturated heterocycles. The van der Waals surface area contributed by atoms with E-state index in [0.29, 0.717) is 19.4 Å². The fourth-order valence-electron chi connectivity index (χ4n) is 3.04. The Kier molecular flexibility index (Phi) is 4.19. The van der Waals surface area contributed by atoms with Gasteiger partial charge in [-0.15, -0.1) is 0 Å². The lowest BCUT2D eigenvalue weighted by Gasteiger charge is -2.36. The van der Waals surface area contributed by atoms with Crippen molar-refractivity contribution in [1.29, 1.82) is 0 Å². The third kappa shape index (κ3) is 3.04. The zero-order chi connectivity index (χ0) is 14.8. The van der Waals surface area contributed by atoms with E-state index in [9.17, 15) is 9.90 Å². The Labute approximate surface area is 121 Å². The number of benzene rings is 1. The molecule has 20 heavy (non-hydrogen) atoms. The number of carbonyl (C=O) groups is 1. The van der Waals surface area contributed by atoms with Gasteiger partial charge in [0, 0.05) is 6.61 Å². The predicted molar refractivity (Wildman–Crippen MR) is 79.0 cm³/mol. The van der Waals surface area contributed by atoms with Crippen LogP contribution in [0.3, 0.4) is 0 Å². The van der Waals surface area contributed by atoms with Crippen molar-refractivity contribution in [2.75, 3.05) is 6.61 Å². The standard InChI is InChI=1S/C17H24O3/c1-16(2,3)20-12-11-17(15(18)19)10-6-8-13-7-4-5-9-14(13)17/h4-5,7,9H,6,8,10-12H2,1-3H3,(H,18,19). The first-order chi connectivity index (χ1) is 9.35. The molecule has 1 N–H and O–H groups in total. The predicted octanol–water partition coefficient (Wildman–Crippen LogP) is 3.55. The van der Waals surface area contributed by atoms with E-state index < -0.39 is 11.4 Å². The van der Waals surface area contributed by atoms with E-state index in [1.807, 2.05) is 39.0 Å². The van der Waals surface area contributed by atoms with Gasteiger partial charge in [-0.05, 0) is 57.6 Å². The van der Waals surface area contributed by atoms with E-state index in [1.165, 1.54) is 5.56 Å². The van der Waals surface area contributed by atoms with E-state index in [-0.39, 0.29) is 5.60 Å². The molecule has 0 aromatic heterocycles. The molecule has 0 amide bonds. The van der Waals surface area contributed by atoms with Gasteiger partial charge in [-0.25, -0.2) is 0 Å². The SMILES string of the molecule is CC(C)(C)OCCC1(C(=O)O)CCCc2ccccc21. The van der Waals surface area contributed by atoms with Crippen molar-refractivity contribution in [3.05, 3.63) is 35.4 Å². The first-order valence-corrected chi connectivity index (χ1v) is 7.31. The highest BCUT2D eigenvalue weighted by Gasteiger charge is 2.43. The summed E-state index contributed by atoms with van der Waals surface area (Å²) in [4.78, 5) is 11.9. The Hall–Kier alpha value is -1.35. The number of hydrogen-bond acceptors (Lipinski definition) is 2. The normalized spacial score (nSPS) is 22.4. The highest BCUT2D eigenvalue weighted by Crippen LogP contribution is 2.40. The Balaban J connectivity index is 2.25. The summed E-state index contributed by atoms with van der Waals surface area (Å²) in [6.07, 6.45) is 3.15. The smallest absolute Gasteiger partial charge is 0.314 e. The van der Waals surface area contributed by atoms with Gasteiger partial charge in [-0.1, -0.05) is 24.3 Å². The van der Waals surface area contributed by atoms with E-state index in [0.717, 1.165) is 18.4 Å². The monoisotopic (exact) mass is 276 g/mol. The molecular formula is C17H24O3. The minimum atomic E-state index is -0.778. The maximum atomic E-state index is 11.9. The van der Waals surface area contributed by atoms with Crippen LogP contribution in [-0.2, 0) is 21.4 Å². The highest BCUT2D eigenvalue weighted by molar-refractivity contribution is 5.82. The number of rotatable bonds is 4. The van der Waals surface area contributed by atoms with E-state index >= 15 is 0 Å². The quantitative estimate of drug-likeness (QED) is 0.914. The van der Waals surface area contributed by atoms with E-state index in [2.05, 4.69) is 6.07 Å². The lowest BCUT2D eigenvalue weighted by molar-refractivity contribution is -0.146. The van der Waals surface area contributed by atoms with Crippen molar-refractivity contribution in [2.24, 2.45) is 0 Å². The van der Waals surface area contributed by atoms with Crippen molar-refractivity contribution in [3.63, 3.8) is 0 Å². The fourth-order valence-corrected chi connectivity index (χ4v) is 3.04. The third-order valence-electron chi connectivity index (χ3n) is 4.06. The summed E-state index contributed by atoms with van der Waals surface area (Å²) in [5.41, 5.74) is 1.15. The molecule has 3 heteroatoms. The second-order valence-corrected chi connectivity index (χ2v) is 6.61. The largest absolute Gasteiger partial charge is 0.481 e. The minimum absolute atomic E-state index is 0.228. The summed E-state index contributed by atoms with van der Waals surface area (Å²) >= 11 is 0. The Morgan fingerprint density at radius 3 is 2.70 bits per heavy atom. The molecule has 0 bridgehead atoms. The van der Waals surface area contributed by atoms with E-state index in [4.69, 9.17) is 4.74 Å². The molecule has 3 nitrogen and oxygen atoms in total. The zero-order valence-electron chi connectivity index (χ0n) is 12.6. The van der Waals surface area contributed by atoms with Crippen molar-refractivity contribution in [3.8, 4) is 0 Å². The number of aryl methyl sites for hydroxylation is 1. The number of aliphatic carboxylic acids is 1. The van der Waals surface area contributed by atoms with Gasteiger partial charge in [0.25, 0.3) is 0 Å². The molecule has 0 aliphatic heterocycles. The first kappa shape index (κ1) is 15.0. The van der Waals surface area contributed by atoms with Crippen LogP contribution in [0.25, 0.3) is 0 Å². The van der Waals surface area contributed by atoms with Crippen LogP contribution in [0.4, 0.5) is 0 Å². The summed E-state index contributed by atoms with van der Waals surface area (Å²) in [6.45, 7) is 6.46. The van der Waals surface area contributed by atoms with Gasteiger partial charge >= 0.3 is 5.97 Å². The Bertz CT molecular complexity index is 487. The van der Waals surface area contributed by atoms with Gasteiger partial charge in [-0.3, -0.25) is 4.79 Å². The molecule has 1 atom stereocenters. The fraction of sp³-hybridized carbons (Fsp3) is 0.588. The second-order valence-electron chi connectivity index (χ2n) is 6.61. The van der Waals surface area contributed by atoms with Gasteiger partial charge in [0.05, 0.1) is 11.0 Å². The van der Waals surface area contributed by atoms with Crippen molar-refractivity contribution in [2.45, 2.75) is 57.5 Å². The summed E-state index contributed by atoms with van der Waals surface area (Å²) in [5, 5.41) is 9.81. The van der Waals surface area contributed by atoms with Crippen molar-refractivity contribution < 1.29 is 14.6 Å². The van der Waals surface area contributed by atoms with Gasteiger partial charge < -0.3 is 9.84 Å². The molecule has 1 aliphatic rings. The summed E-state index contributed by atoms with van der Waals surface area (Å²) in [5.74, 6) is -0.720. The molecule has 1 aromatic rings. The molecule has 0 fully saturated rings. The molecule has 0 spiro atoms. The molecule has 0 saturated carbocycles. The summed E-state index contributed by atoms with van der Waals surface area (Å²) in [7, 11) is 0. The van der Waals surface area contributed by atoms with Crippen molar-refractivity contribution >= 4 is 5.97 Å². The third-order valence-corrected chi connectivity index (χ3v) is 4.06. The van der Waals surface area contributed by atoms with E-state index in [1.54, 1.807) is 0 Å². The number of carboxylic acids is 1. The van der Waals surface area contributed by atoms with Crippen LogP contribution < -0.4 is 0 Å². The summed E-state index contributed by atoms with van der Waals surface area (Å²) in [6, 6.07) is 7.95. The minimum Gasteiger partial charge on any atom is -0.481 e. The van der Waals surface area contributed by atoms with Gasteiger partial charge in [0.15, 0.2) is 0 Å². The molecule has 110 valence electrons. The molecule has 2 rings (SSSR count). The van der Waals surface area contributed by atoms with Crippen LogP contribution in [0.15, 0.2) is 24.3 Å². The zero-order valence-corrected chi connectivity index (χ0v) is 12.6. The first-order valence-electron chi connectivity index (χ1n) is 7.31. The molecule has 1 aromatic carbocycles. The number of carboxylic acid groups (broad SMARTS) is 1. The van der Waals surface area contributed by atoms with Crippen LogP contribution in [0.2, 0.25) is 0 Å². The second kappa shape index (κ2) is 5.57. The van der Waals surface area contributed by atoms with Gasteiger partial charge in [-0.2, -0.15) is 0 Å². The number of fused-ring (bicyclic) bond motifs is 1. The van der Waals surface area contributed by atoms with Gasteiger partial charge in [0.2, 0.25) is 0 Å². The van der Waals surface area contributed by atoms with Gasteiger partial charge in [0.1, 0.15) is 0 Å². The average molecular weight is 276 g/mol. The van der Waals surface area contributed by atoms with Crippen LogP contribution in [0.1, 0.15) is 51.2 Å². The molecular weight excluding hydrogens is 252 g/mol. The highest BCUT2D eigenvalue weighted by atomic mass is 16.5. The molecule has 1 aliphatic carbocycles. The maximum absolute atomic E-state index is 11.9. The van der Waals surface area contributed by atoms with Crippen LogP contribution in [0.5, 0.6) is 0 Å². The average Bonchev–Trinajstić information content (AvgIpc) is 2.37.